The Bertz CT molecular complexity index is 374. The fourth-order valence-electron chi connectivity index (χ4n) is 1.77. The summed E-state index contributed by atoms with van der Waals surface area (Å²) in [4.78, 5) is 6.59. The van der Waals surface area contributed by atoms with Crippen LogP contribution >= 0.6 is 0 Å². The van der Waals surface area contributed by atoms with Crippen molar-refractivity contribution in [2.45, 2.75) is 45.8 Å². The third-order valence-electron chi connectivity index (χ3n) is 3.29. The summed E-state index contributed by atoms with van der Waals surface area (Å²) in [5.41, 5.74) is 5.79. The van der Waals surface area contributed by atoms with E-state index >= 15 is 0 Å². The summed E-state index contributed by atoms with van der Waals surface area (Å²) in [5.74, 6) is 1.13. The van der Waals surface area contributed by atoms with Crippen molar-refractivity contribution in [1.82, 2.24) is 15.0 Å². The topological polar surface area (TPSA) is 77.4 Å². The van der Waals surface area contributed by atoms with Crippen LogP contribution in [0.15, 0.2) is 4.52 Å². The first-order chi connectivity index (χ1) is 8.91. The third kappa shape index (κ3) is 4.89. The molecule has 1 rings (SSSR count). The van der Waals surface area contributed by atoms with E-state index in [0.29, 0.717) is 18.1 Å². The second-order valence-corrected chi connectivity index (χ2v) is 5.28. The molecule has 2 N–H and O–H groups in total. The molecule has 1 heterocycles. The van der Waals surface area contributed by atoms with Crippen LogP contribution in [0.4, 0.5) is 0 Å². The van der Waals surface area contributed by atoms with Crippen molar-refractivity contribution in [2.24, 2.45) is 5.73 Å². The number of nitrogens with zero attached hydrogens (tertiary/aromatic N) is 3. The van der Waals surface area contributed by atoms with Crippen molar-refractivity contribution in [3.63, 3.8) is 0 Å². The van der Waals surface area contributed by atoms with Gasteiger partial charge in [0.2, 0.25) is 5.89 Å². The maximum Gasteiger partial charge on any atom is 0.229 e. The van der Waals surface area contributed by atoms with Gasteiger partial charge in [-0.25, -0.2) is 0 Å². The first kappa shape index (κ1) is 16.1. The Morgan fingerprint density at radius 1 is 1.37 bits per heavy atom. The highest BCUT2D eigenvalue weighted by atomic mass is 16.5. The van der Waals surface area contributed by atoms with E-state index in [1.807, 2.05) is 13.8 Å². The van der Waals surface area contributed by atoms with Gasteiger partial charge in [0.15, 0.2) is 5.82 Å². The number of likely N-dealkylation sites (N-methyl/N-ethyl adjacent to an activating group) is 1. The molecule has 1 aromatic rings. The first-order valence-electron chi connectivity index (χ1n) is 6.77. The molecule has 1 atom stereocenters. The van der Waals surface area contributed by atoms with E-state index in [0.717, 1.165) is 19.6 Å². The fraction of sp³-hybridized carbons (Fsp3) is 0.846. The zero-order valence-electron chi connectivity index (χ0n) is 12.6. The number of nitrogens with two attached hydrogens (primary N) is 1. The molecule has 0 fully saturated rings. The molecule has 0 spiro atoms. The van der Waals surface area contributed by atoms with Crippen molar-refractivity contribution in [3.8, 4) is 0 Å². The Balaban J connectivity index is 2.63. The summed E-state index contributed by atoms with van der Waals surface area (Å²) in [5, 5.41) is 3.96. The lowest BCUT2D eigenvalue weighted by Crippen LogP contribution is -2.32. The molecule has 0 aliphatic carbocycles. The molecule has 1 unspecified atom stereocenters. The van der Waals surface area contributed by atoms with Gasteiger partial charge in [0.25, 0.3) is 0 Å². The summed E-state index contributed by atoms with van der Waals surface area (Å²) < 4.78 is 10.6. The summed E-state index contributed by atoms with van der Waals surface area (Å²) in [6.07, 6.45) is 0.578. The maximum absolute atomic E-state index is 6.10. The van der Waals surface area contributed by atoms with Gasteiger partial charge in [-0.15, -0.1) is 0 Å². The SMILES string of the molecule is CCN(CC)CC(N)c1noc(CC(C)(C)OC)n1. The molecule has 0 saturated heterocycles. The average Bonchev–Trinajstić information content (AvgIpc) is 2.83. The minimum Gasteiger partial charge on any atom is -0.378 e. The Morgan fingerprint density at radius 2 is 2.00 bits per heavy atom. The Labute approximate surface area is 115 Å². The molecule has 0 saturated carbocycles. The number of ether oxygens (including phenoxy) is 1. The van der Waals surface area contributed by atoms with Gasteiger partial charge in [-0.3, -0.25) is 0 Å². The van der Waals surface area contributed by atoms with Crippen LogP contribution in [0.3, 0.4) is 0 Å². The molecule has 0 aliphatic rings. The molecule has 19 heavy (non-hydrogen) atoms. The molecule has 0 amide bonds. The summed E-state index contributed by atoms with van der Waals surface area (Å²) in [6, 6.07) is -0.219. The highest BCUT2D eigenvalue weighted by Crippen LogP contribution is 2.16. The molecular weight excluding hydrogens is 244 g/mol. The minimum absolute atomic E-state index is 0.219. The van der Waals surface area contributed by atoms with Gasteiger partial charge in [-0.2, -0.15) is 4.98 Å². The fourth-order valence-corrected chi connectivity index (χ4v) is 1.77. The first-order valence-corrected chi connectivity index (χ1v) is 6.77. The minimum atomic E-state index is -0.313. The van der Waals surface area contributed by atoms with E-state index in [1.54, 1.807) is 7.11 Å². The van der Waals surface area contributed by atoms with Gasteiger partial charge in [-0.05, 0) is 26.9 Å². The third-order valence-corrected chi connectivity index (χ3v) is 3.29. The van der Waals surface area contributed by atoms with E-state index in [2.05, 4.69) is 28.9 Å². The normalized spacial score (nSPS) is 14.1. The van der Waals surface area contributed by atoms with Gasteiger partial charge >= 0.3 is 0 Å². The zero-order chi connectivity index (χ0) is 14.5. The molecule has 1 aromatic heterocycles. The van der Waals surface area contributed by atoms with E-state index in [-0.39, 0.29) is 11.6 Å². The Morgan fingerprint density at radius 3 is 2.53 bits per heavy atom. The maximum atomic E-state index is 6.10. The zero-order valence-corrected chi connectivity index (χ0v) is 12.6. The van der Waals surface area contributed by atoms with Crippen LogP contribution in [0.2, 0.25) is 0 Å². The van der Waals surface area contributed by atoms with Crippen LogP contribution in [0.5, 0.6) is 0 Å². The quantitative estimate of drug-likeness (QED) is 0.769. The number of hydrogen-bond acceptors (Lipinski definition) is 6. The number of rotatable bonds is 8. The standard InChI is InChI=1S/C13H26N4O2/c1-6-17(7-2)9-10(14)12-15-11(19-16-12)8-13(3,4)18-5/h10H,6-9,14H2,1-5H3. The van der Waals surface area contributed by atoms with Gasteiger partial charge in [-0.1, -0.05) is 19.0 Å². The molecule has 0 aliphatic heterocycles. The van der Waals surface area contributed by atoms with Crippen molar-refractivity contribution in [2.75, 3.05) is 26.7 Å². The van der Waals surface area contributed by atoms with Gasteiger partial charge in [0, 0.05) is 13.7 Å². The van der Waals surface area contributed by atoms with E-state index < -0.39 is 0 Å². The monoisotopic (exact) mass is 270 g/mol. The molecule has 6 heteroatoms. The molecular formula is C13H26N4O2. The summed E-state index contributed by atoms with van der Waals surface area (Å²) in [7, 11) is 1.67. The second-order valence-electron chi connectivity index (χ2n) is 5.28. The Hall–Kier alpha value is -0.980. The van der Waals surface area contributed by atoms with Gasteiger partial charge in [0.1, 0.15) is 0 Å². The predicted molar refractivity (Wildman–Crippen MR) is 73.8 cm³/mol. The van der Waals surface area contributed by atoms with Crippen LogP contribution in [0, 0.1) is 0 Å². The summed E-state index contributed by atoms with van der Waals surface area (Å²) in [6.45, 7) is 10.8. The van der Waals surface area contributed by atoms with Crippen molar-refractivity contribution >= 4 is 0 Å². The van der Waals surface area contributed by atoms with Crippen molar-refractivity contribution in [3.05, 3.63) is 11.7 Å². The smallest absolute Gasteiger partial charge is 0.229 e. The lowest BCUT2D eigenvalue weighted by molar-refractivity contribution is 0.0170. The second kappa shape index (κ2) is 6.98. The van der Waals surface area contributed by atoms with Crippen LogP contribution in [-0.2, 0) is 11.2 Å². The lowest BCUT2D eigenvalue weighted by atomic mass is 10.1. The molecule has 6 nitrogen and oxygen atoms in total. The highest BCUT2D eigenvalue weighted by molar-refractivity contribution is 4.96. The lowest BCUT2D eigenvalue weighted by Gasteiger charge is -2.20. The van der Waals surface area contributed by atoms with Gasteiger partial charge < -0.3 is 19.9 Å². The van der Waals surface area contributed by atoms with E-state index in [1.165, 1.54) is 0 Å². The number of hydrogen-bond donors (Lipinski definition) is 1. The Kier molecular flexibility index (Phi) is 5.90. The van der Waals surface area contributed by atoms with E-state index in [4.69, 9.17) is 15.0 Å². The predicted octanol–water partition coefficient (Wildman–Crippen LogP) is 1.38. The van der Waals surface area contributed by atoms with E-state index in [9.17, 15) is 0 Å². The van der Waals surface area contributed by atoms with Crippen molar-refractivity contribution in [1.29, 1.82) is 0 Å². The van der Waals surface area contributed by atoms with Crippen LogP contribution < -0.4 is 5.73 Å². The average molecular weight is 270 g/mol. The van der Waals surface area contributed by atoms with Crippen LogP contribution in [0.25, 0.3) is 0 Å². The summed E-state index contributed by atoms with van der Waals surface area (Å²) >= 11 is 0. The highest BCUT2D eigenvalue weighted by Gasteiger charge is 2.23. The number of methoxy groups -OCH3 is 1. The van der Waals surface area contributed by atoms with Crippen LogP contribution in [-0.4, -0.2) is 47.4 Å². The molecule has 0 aromatic carbocycles. The molecule has 0 radical (unpaired) electrons. The van der Waals surface area contributed by atoms with Gasteiger partial charge in [0.05, 0.1) is 18.1 Å². The molecule has 0 bridgehead atoms. The molecule has 110 valence electrons. The number of aromatic nitrogens is 2. The van der Waals surface area contributed by atoms with Crippen LogP contribution in [0.1, 0.15) is 45.5 Å². The largest absolute Gasteiger partial charge is 0.378 e. The van der Waals surface area contributed by atoms with Crippen molar-refractivity contribution < 1.29 is 9.26 Å².